The number of nitrogens with zero attached hydrogens (tertiary/aromatic N) is 2. The van der Waals surface area contributed by atoms with Crippen LogP contribution in [0.3, 0.4) is 0 Å². The molecule has 0 amide bonds. The Kier molecular flexibility index (Phi) is 8.86. The van der Waals surface area contributed by atoms with Gasteiger partial charge in [-0.3, -0.25) is 4.90 Å². The van der Waals surface area contributed by atoms with E-state index in [0.717, 1.165) is 69.3 Å². The van der Waals surface area contributed by atoms with E-state index in [-0.39, 0.29) is 0 Å². The second-order valence-corrected chi connectivity index (χ2v) is 8.81. The molecular formula is C27H39N3O2. The Morgan fingerprint density at radius 2 is 1.72 bits per heavy atom. The highest BCUT2D eigenvalue weighted by Gasteiger charge is 2.20. The van der Waals surface area contributed by atoms with Crippen molar-refractivity contribution in [2.75, 3.05) is 57.2 Å². The lowest BCUT2D eigenvalue weighted by atomic mass is 10.0. The maximum atomic E-state index is 5.67. The van der Waals surface area contributed by atoms with Crippen LogP contribution in [0, 0.1) is 5.92 Å². The molecule has 0 radical (unpaired) electrons. The third-order valence-corrected chi connectivity index (χ3v) is 6.28. The average molecular weight is 438 g/mol. The van der Waals surface area contributed by atoms with Gasteiger partial charge in [0, 0.05) is 39.3 Å². The first-order valence-corrected chi connectivity index (χ1v) is 11.7. The first kappa shape index (κ1) is 24.0. The van der Waals surface area contributed by atoms with Gasteiger partial charge in [-0.2, -0.15) is 0 Å². The molecule has 0 spiro atoms. The van der Waals surface area contributed by atoms with Crippen LogP contribution in [0.15, 0.2) is 54.6 Å². The number of benzene rings is 2. The summed E-state index contributed by atoms with van der Waals surface area (Å²) in [5.74, 6) is 2.42. The van der Waals surface area contributed by atoms with Gasteiger partial charge in [-0.25, -0.2) is 0 Å². The summed E-state index contributed by atoms with van der Waals surface area (Å²) in [5, 5.41) is 3.53. The smallest absolute Gasteiger partial charge is 0.142 e. The van der Waals surface area contributed by atoms with Crippen LogP contribution in [-0.4, -0.2) is 51.8 Å². The molecule has 1 heterocycles. The molecule has 1 fully saturated rings. The minimum atomic E-state index is 0.556. The van der Waals surface area contributed by atoms with Crippen molar-refractivity contribution < 1.29 is 9.47 Å². The summed E-state index contributed by atoms with van der Waals surface area (Å²) in [6.07, 6.45) is 2.14. The van der Waals surface area contributed by atoms with Crippen LogP contribution < -0.4 is 19.7 Å². The van der Waals surface area contributed by atoms with Crippen molar-refractivity contribution in [3.8, 4) is 11.5 Å². The third-order valence-electron chi connectivity index (χ3n) is 6.28. The SMILES string of the molecule is C=C(CCCNc1ccc(CN2CCN(c3ccccc3OC)CC2)cc1OC)C(C)C. The van der Waals surface area contributed by atoms with E-state index in [0.29, 0.717) is 5.92 Å². The number of para-hydroxylation sites is 2. The number of allylic oxidation sites excluding steroid dienone is 1. The van der Waals surface area contributed by atoms with E-state index in [1.54, 1.807) is 14.2 Å². The molecule has 5 nitrogen and oxygen atoms in total. The Labute approximate surface area is 194 Å². The van der Waals surface area contributed by atoms with Gasteiger partial charge < -0.3 is 19.7 Å². The van der Waals surface area contributed by atoms with Crippen molar-refractivity contribution in [1.82, 2.24) is 4.90 Å². The molecule has 0 saturated carbocycles. The minimum Gasteiger partial charge on any atom is -0.495 e. The van der Waals surface area contributed by atoms with Crippen molar-refractivity contribution >= 4 is 11.4 Å². The first-order chi connectivity index (χ1) is 15.5. The number of rotatable bonds is 11. The highest BCUT2D eigenvalue weighted by Crippen LogP contribution is 2.29. The number of methoxy groups -OCH3 is 2. The van der Waals surface area contributed by atoms with Gasteiger partial charge in [0.05, 0.1) is 25.6 Å². The lowest BCUT2D eigenvalue weighted by Gasteiger charge is -2.36. The van der Waals surface area contributed by atoms with Gasteiger partial charge in [0.15, 0.2) is 0 Å². The molecule has 5 heteroatoms. The van der Waals surface area contributed by atoms with E-state index < -0.39 is 0 Å². The van der Waals surface area contributed by atoms with Crippen molar-refractivity contribution in [2.24, 2.45) is 5.92 Å². The molecule has 1 N–H and O–H groups in total. The monoisotopic (exact) mass is 437 g/mol. The zero-order chi connectivity index (χ0) is 22.9. The zero-order valence-corrected chi connectivity index (χ0v) is 20.2. The number of piperazine rings is 1. The van der Waals surface area contributed by atoms with Crippen LogP contribution in [-0.2, 0) is 6.54 Å². The molecule has 1 aliphatic heterocycles. The summed E-state index contributed by atoms with van der Waals surface area (Å²) in [5.41, 5.74) is 4.85. The summed E-state index contributed by atoms with van der Waals surface area (Å²) in [6, 6.07) is 14.8. The van der Waals surface area contributed by atoms with E-state index in [9.17, 15) is 0 Å². The Morgan fingerprint density at radius 3 is 2.41 bits per heavy atom. The zero-order valence-electron chi connectivity index (χ0n) is 20.2. The van der Waals surface area contributed by atoms with Crippen LogP contribution >= 0.6 is 0 Å². The van der Waals surface area contributed by atoms with Crippen LogP contribution in [0.5, 0.6) is 11.5 Å². The standard InChI is InChI=1S/C27H39N3O2/c1-21(2)22(3)9-8-14-28-24-13-12-23(19-27(24)32-5)20-29-15-17-30(18-16-29)25-10-6-7-11-26(25)31-4/h6-7,10-13,19,21,28H,3,8-9,14-18,20H2,1-2,4-5H3. The van der Waals surface area contributed by atoms with Crippen molar-refractivity contribution in [3.05, 3.63) is 60.2 Å². The van der Waals surface area contributed by atoms with Gasteiger partial charge in [-0.15, -0.1) is 0 Å². The number of anilines is 2. The van der Waals surface area contributed by atoms with Gasteiger partial charge in [0.1, 0.15) is 11.5 Å². The van der Waals surface area contributed by atoms with Crippen LogP contribution in [0.25, 0.3) is 0 Å². The normalized spacial score (nSPS) is 14.5. The fourth-order valence-electron chi connectivity index (χ4n) is 4.10. The molecule has 0 atom stereocenters. The Balaban J connectivity index is 1.51. The maximum Gasteiger partial charge on any atom is 0.142 e. The van der Waals surface area contributed by atoms with Gasteiger partial charge in [-0.1, -0.05) is 44.2 Å². The molecule has 174 valence electrons. The van der Waals surface area contributed by atoms with Gasteiger partial charge in [-0.05, 0) is 48.6 Å². The molecule has 2 aromatic carbocycles. The highest BCUT2D eigenvalue weighted by atomic mass is 16.5. The van der Waals surface area contributed by atoms with E-state index in [1.807, 2.05) is 12.1 Å². The molecule has 0 bridgehead atoms. The lowest BCUT2D eigenvalue weighted by molar-refractivity contribution is 0.249. The van der Waals surface area contributed by atoms with Gasteiger partial charge in [0.25, 0.3) is 0 Å². The number of hydrogen-bond acceptors (Lipinski definition) is 5. The summed E-state index contributed by atoms with van der Waals surface area (Å²) in [6.45, 7) is 14.5. The summed E-state index contributed by atoms with van der Waals surface area (Å²) in [4.78, 5) is 4.92. The molecule has 1 saturated heterocycles. The topological polar surface area (TPSA) is 37.0 Å². The Morgan fingerprint density at radius 1 is 1.00 bits per heavy atom. The quantitative estimate of drug-likeness (QED) is 0.375. The average Bonchev–Trinajstić information content (AvgIpc) is 2.82. The Hall–Kier alpha value is -2.66. The largest absolute Gasteiger partial charge is 0.495 e. The number of hydrogen-bond donors (Lipinski definition) is 1. The van der Waals surface area contributed by atoms with Gasteiger partial charge >= 0.3 is 0 Å². The molecule has 0 aromatic heterocycles. The maximum absolute atomic E-state index is 5.67. The molecule has 0 unspecified atom stereocenters. The van der Waals surface area contributed by atoms with Gasteiger partial charge in [0.2, 0.25) is 0 Å². The van der Waals surface area contributed by atoms with E-state index in [4.69, 9.17) is 9.47 Å². The third kappa shape index (κ3) is 6.42. The fraction of sp³-hybridized carbons (Fsp3) is 0.481. The van der Waals surface area contributed by atoms with Crippen molar-refractivity contribution in [1.29, 1.82) is 0 Å². The molecule has 3 rings (SSSR count). The summed E-state index contributed by atoms with van der Waals surface area (Å²) >= 11 is 0. The van der Waals surface area contributed by atoms with E-state index in [1.165, 1.54) is 16.8 Å². The highest BCUT2D eigenvalue weighted by molar-refractivity contribution is 5.59. The minimum absolute atomic E-state index is 0.556. The van der Waals surface area contributed by atoms with E-state index in [2.05, 4.69) is 65.9 Å². The lowest BCUT2D eigenvalue weighted by Crippen LogP contribution is -2.46. The second kappa shape index (κ2) is 11.8. The predicted octanol–water partition coefficient (Wildman–Crippen LogP) is 5.43. The van der Waals surface area contributed by atoms with Crippen LogP contribution in [0.1, 0.15) is 32.3 Å². The fourth-order valence-corrected chi connectivity index (χ4v) is 4.10. The van der Waals surface area contributed by atoms with E-state index >= 15 is 0 Å². The predicted molar refractivity (Wildman–Crippen MR) is 135 cm³/mol. The molecule has 1 aliphatic rings. The molecular weight excluding hydrogens is 398 g/mol. The Bertz CT molecular complexity index is 873. The van der Waals surface area contributed by atoms with Crippen LogP contribution in [0.2, 0.25) is 0 Å². The van der Waals surface area contributed by atoms with Crippen molar-refractivity contribution in [2.45, 2.75) is 33.2 Å². The number of nitrogens with one attached hydrogen (secondary N) is 1. The molecule has 0 aliphatic carbocycles. The van der Waals surface area contributed by atoms with Crippen LogP contribution in [0.4, 0.5) is 11.4 Å². The number of ether oxygens (including phenoxy) is 2. The second-order valence-electron chi connectivity index (χ2n) is 8.81. The summed E-state index contributed by atoms with van der Waals surface area (Å²) < 4.78 is 11.2. The molecule has 2 aromatic rings. The first-order valence-electron chi connectivity index (χ1n) is 11.7. The molecule has 32 heavy (non-hydrogen) atoms. The van der Waals surface area contributed by atoms with Crippen molar-refractivity contribution in [3.63, 3.8) is 0 Å². The summed E-state index contributed by atoms with van der Waals surface area (Å²) in [7, 11) is 3.49.